The van der Waals surface area contributed by atoms with E-state index in [4.69, 9.17) is 79.4 Å². The van der Waals surface area contributed by atoms with Crippen molar-refractivity contribution in [2.75, 3.05) is 12.4 Å². The number of para-hydroxylation sites is 1. The molecule has 760 valence electrons. The summed E-state index contributed by atoms with van der Waals surface area (Å²) in [4.78, 5) is 76.2. The normalized spacial score (nSPS) is 10.4. The van der Waals surface area contributed by atoms with E-state index in [1.807, 2.05) is 254 Å². The molecule has 0 radical (unpaired) electrons. The van der Waals surface area contributed by atoms with Crippen molar-refractivity contribution in [1.82, 2.24) is 16.0 Å². The maximum Gasteiger partial charge on any atom is 0.306 e. The lowest BCUT2D eigenvalue weighted by Gasteiger charge is -2.21. The second-order valence-electron chi connectivity index (χ2n) is 40.0. The molecule has 0 bridgehead atoms. The Labute approximate surface area is 852 Å². The molecule has 0 unspecified atom stereocenters. The first kappa shape index (κ1) is 138. The van der Waals surface area contributed by atoms with Crippen LogP contribution in [0.3, 0.4) is 0 Å². The highest BCUT2D eigenvalue weighted by atomic mass is 35.5. The van der Waals surface area contributed by atoms with Gasteiger partial charge >= 0.3 is 11.9 Å². The third-order valence-corrected chi connectivity index (χ3v) is 19.5. The van der Waals surface area contributed by atoms with Crippen LogP contribution in [0.15, 0.2) is 206 Å². The number of amides is 4. The summed E-state index contributed by atoms with van der Waals surface area (Å²) in [5.74, 6) is 5.77. The van der Waals surface area contributed by atoms with Gasteiger partial charge in [-0.1, -0.05) is 423 Å². The van der Waals surface area contributed by atoms with E-state index in [9.17, 15) is 33.6 Å². The Morgan fingerprint density at radius 3 is 1.01 bits per heavy atom. The number of carboxylic acid groups (broad SMARTS) is 1. The average Bonchev–Trinajstić information content (AvgIpc) is 0.857. The summed E-state index contributed by atoms with van der Waals surface area (Å²) < 4.78 is 5.11. The maximum absolute atomic E-state index is 11.5. The molecule has 19 heteroatoms. The van der Waals surface area contributed by atoms with Gasteiger partial charge in [-0.3, -0.25) is 33.6 Å². The van der Waals surface area contributed by atoms with E-state index in [2.05, 4.69) is 205 Å². The van der Waals surface area contributed by atoms with Gasteiger partial charge in [-0.05, 0) is 221 Å². The number of halogens is 6. The van der Waals surface area contributed by atoms with Crippen LogP contribution in [0.5, 0.6) is 0 Å². The van der Waals surface area contributed by atoms with Gasteiger partial charge in [0.25, 0.3) is 0 Å². The minimum absolute atomic E-state index is 0.0164. The smallest absolute Gasteiger partial charge is 0.306 e. The second-order valence-corrected chi connectivity index (χ2v) is 42.5. The van der Waals surface area contributed by atoms with Crippen LogP contribution in [-0.2, 0) is 65.7 Å². The summed E-state index contributed by atoms with van der Waals surface area (Å²) in [6.07, 6.45) is 6.53. The Bertz CT molecular complexity index is 4320. The third-order valence-electron chi connectivity index (χ3n) is 17.5. The van der Waals surface area contributed by atoms with Gasteiger partial charge in [0.15, 0.2) is 5.78 Å². The number of benzene rings is 8. The van der Waals surface area contributed by atoms with Crippen LogP contribution in [-0.4, -0.2) is 64.6 Å². The molecule has 0 spiro atoms. The van der Waals surface area contributed by atoms with Crippen molar-refractivity contribution in [3.63, 3.8) is 0 Å². The Morgan fingerprint density at radius 2 is 0.704 bits per heavy atom. The molecule has 0 aliphatic carbocycles. The number of hydrogen-bond donors (Lipinski definition) is 5. The number of esters is 1. The highest BCUT2D eigenvalue weighted by Crippen LogP contribution is 2.26. The molecule has 8 rings (SSSR count). The molecule has 0 atom stereocenters. The zero-order chi connectivity index (χ0) is 105. The highest BCUT2D eigenvalue weighted by molar-refractivity contribution is 6.42. The molecular formula is C116H180Cl6N4O9. The van der Waals surface area contributed by atoms with Crippen molar-refractivity contribution in [1.29, 1.82) is 0 Å². The quantitative estimate of drug-likeness (QED) is 0.0306. The van der Waals surface area contributed by atoms with E-state index in [1.54, 1.807) is 25.2 Å². The lowest BCUT2D eigenvalue weighted by Crippen LogP contribution is -2.42. The molecule has 0 saturated heterocycles. The zero-order valence-electron chi connectivity index (χ0n) is 89.9. The molecule has 0 aliphatic rings. The summed E-state index contributed by atoms with van der Waals surface area (Å²) >= 11 is 34.7. The van der Waals surface area contributed by atoms with E-state index < -0.39 is 5.97 Å². The lowest BCUT2D eigenvalue weighted by molar-refractivity contribution is -0.155. The molecule has 0 heterocycles. The molecule has 135 heavy (non-hydrogen) atoms. The largest absolute Gasteiger partial charge is 0.481 e. The van der Waals surface area contributed by atoms with E-state index in [-0.39, 0.29) is 88.4 Å². The number of rotatable bonds is 23. The van der Waals surface area contributed by atoms with Gasteiger partial charge in [0, 0.05) is 82.9 Å². The molecule has 0 saturated carbocycles. The van der Waals surface area contributed by atoms with E-state index in [0.29, 0.717) is 62.3 Å². The van der Waals surface area contributed by atoms with Crippen LogP contribution in [0.1, 0.15) is 318 Å². The molecule has 8 aromatic rings. The van der Waals surface area contributed by atoms with Crippen LogP contribution < -0.4 is 21.3 Å². The Morgan fingerprint density at radius 1 is 0.348 bits per heavy atom. The van der Waals surface area contributed by atoms with Gasteiger partial charge in [0.05, 0.1) is 20.1 Å². The molecule has 0 aromatic heterocycles. The number of anilines is 1. The Balaban J connectivity index is -0.000000335. The molecule has 5 N–H and O–H groups in total. The first-order valence-electron chi connectivity index (χ1n) is 48.1. The minimum Gasteiger partial charge on any atom is -0.481 e. The van der Waals surface area contributed by atoms with Crippen LogP contribution >= 0.6 is 69.6 Å². The van der Waals surface area contributed by atoms with Crippen molar-refractivity contribution in [2.45, 2.75) is 318 Å². The number of ether oxygens (including phenoxy) is 1. The van der Waals surface area contributed by atoms with Gasteiger partial charge in [-0.25, -0.2) is 0 Å². The summed E-state index contributed by atoms with van der Waals surface area (Å²) in [5.41, 5.74) is 8.97. The number of nitrogens with one attached hydrogen (secondary N) is 4. The fourth-order valence-electron chi connectivity index (χ4n) is 9.94. The predicted octanol–water partition coefficient (Wildman–Crippen LogP) is 34.2. The summed E-state index contributed by atoms with van der Waals surface area (Å²) in [5, 5.41) is 23.0. The van der Waals surface area contributed by atoms with Gasteiger partial charge in [0.1, 0.15) is 5.60 Å². The van der Waals surface area contributed by atoms with E-state index >= 15 is 0 Å². The molecule has 8 aromatic carbocycles. The Hall–Kier alpha value is -8.01. The van der Waals surface area contributed by atoms with E-state index in [0.717, 1.165) is 64.2 Å². The van der Waals surface area contributed by atoms with Crippen molar-refractivity contribution >= 4 is 117 Å². The lowest BCUT2D eigenvalue weighted by atomic mass is 10.0. The van der Waals surface area contributed by atoms with E-state index in [1.165, 1.54) is 40.7 Å². The number of carboxylic acids is 1. The van der Waals surface area contributed by atoms with Gasteiger partial charge in [0.2, 0.25) is 23.6 Å². The Kier molecular flexibility index (Phi) is 82.5. The number of aliphatic carboxylic acids is 1. The first-order chi connectivity index (χ1) is 62.5. The summed E-state index contributed by atoms with van der Waals surface area (Å²) in [6, 6.07) is 67.4. The molecule has 0 aliphatic heterocycles. The fraction of sp³-hybridized carbons (Fsp3) is 0.526. The molecular weight excluding hydrogens is 1810 g/mol. The van der Waals surface area contributed by atoms with Crippen LogP contribution in [0.25, 0.3) is 0 Å². The number of hydrogen-bond acceptors (Lipinski definition) is 8. The SMILES string of the molecule is CC(C)C(=O)NC(C)(C)C.CC(C)C(=O)NCc1ccccc1.CC(C)C(=O)Nc1ccccc1.CC(C)C(=O)c1ccc(Cl)c(Cl)c1.CC(C)C(C)C.CC(C)CC(=O)O.CC(C)CC(=O)OC(C)(C)C.CC(C)Cc1ccc(Cl)c(Cl)c1.CC(C)Cc1ccc(Cl)cc1.CC(C)Cc1cccc(Cl)c1.CC(C)Cc1ccccc1.CC(C)c1ccccc1.CCC.CNC(=O)C(C)C. The monoisotopic (exact) mass is 1980 g/mol. The standard InChI is InChI=1S/C11H15NO.C10H10Cl2O.C10H12Cl2.2C10H13Cl.C10H13NO.C10H14.C9H18O2.C9H12.C8H17NO.C6H14.C5H11NO.C5H10O2.C3H8/c1-9(2)11(13)12-8-10-6-4-3-5-7-10;1-6(2)10(13)7-3-4-8(11)9(12)5-7;1-7(2)5-8-3-4-9(11)10(12)6-8;1-8(2)7-9-3-5-10(11)6-4-9;1-8(2)6-9-4-3-5-10(11)7-9;1-8(2)10(12)11-9-6-4-3-5-7-9;1-9(2)8-10-6-4-3-5-7-10;1-7(2)6-8(10)11-9(3,4)5;1-8(2)9-6-4-3-5-7-9;1-6(2)7(10)9-8(3,4)5;1-5(2)6(3)4;1-4(2)5(7)6-3;1-4(2)3-5(6)7;1-3-2/h3-7,9H,8H2,1-2H3,(H,12,13);3-6H,1-2H3;3-4,6-7H,5H2,1-2H3;3-6,8H,7H2,1-2H3;3-5,7-8H,6H2,1-2H3;3-8H,1-2H3,(H,11,12);3-7,9H,8H2,1-2H3;7H,6H2,1-5H3;3-8H,1-2H3;6H,1-5H3,(H,9,10);5-6H,1-4H3;4H,1-3H3,(H,6,7);4H,3H2,1-2H3,(H,6,7);3H2,1-2H3. The number of carbonyl (C=O) groups is 7. The number of ketones is 1. The second kappa shape index (κ2) is 80.9. The zero-order valence-corrected chi connectivity index (χ0v) is 94.4. The molecule has 13 nitrogen and oxygen atoms in total. The summed E-state index contributed by atoms with van der Waals surface area (Å²) in [6.45, 7) is 74.0. The topological polar surface area (TPSA) is 197 Å². The maximum atomic E-state index is 11.5. The van der Waals surface area contributed by atoms with Gasteiger partial charge < -0.3 is 31.1 Å². The minimum atomic E-state index is -0.713. The van der Waals surface area contributed by atoms with Crippen molar-refractivity contribution < 1.29 is 43.4 Å². The highest BCUT2D eigenvalue weighted by Gasteiger charge is 2.18. The predicted molar refractivity (Wildman–Crippen MR) is 589 cm³/mol. The fourth-order valence-corrected chi connectivity index (χ4v) is 10.9. The van der Waals surface area contributed by atoms with Gasteiger partial charge in [-0.2, -0.15) is 0 Å². The third kappa shape index (κ3) is 89.6. The summed E-state index contributed by atoms with van der Waals surface area (Å²) in [7, 11) is 1.64. The van der Waals surface area contributed by atoms with Crippen molar-refractivity contribution in [3.05, 3.63) is 275 Å². The van der Waals surface area contributed by atoms with Crippen LogP contribution in [0.2, 0.25) is 30.1 Å². The van der Waals surface area contributed by atoms with Crippen LogP contribution in [0, 0.1) is 76.9 Å². The molecule has 4 amide bonds. The molecule has 0 fully saturated rings. The average molecular weight is 1990 g/mol. The number of carbonyl (C=O) groups excluding carboxylic acids is 6. The van der Waals surface area contributed by atoms with Crippen molar-refractivity contribution in [3.8, 4) is 0 Å². The van der Waals surface area contributed by atoms with Crippen molar-refractivity contribution in [2.24, 2.45) is 76.9 Å². The first-order valence-corrected chi connectivity index (χ1v) is 50.4. The number of Topliss-reactive ketones (excluding diaryl/α,β-unsaturated/α-hetero) is 1. The van der Waals surface area contributed by atoms with Crippen LogP contribution in [0.4, 0.5) is 5.69 Å². The van der Waals surface area contributed by atoms with Gasteiger partial charge in [-0.15, -0.1) is 0 Å².